The van der Waals surface area contributed by atoms with Gasteiger partial charge in [0.25, 0.3) is 0 Å². The number of nitrogen functional groups attached to an aromatic ring is 1. The summed E-state index contributed by atoms with van der Waals surface area (Å²) in [5.41, 5.74) is 9.70. The minimum atomic E-state index is -0.498. The van der Waals surface area contributed by atoms with Gasteiger partial charge in [-0.1, -0.05) is 5.46 Å². The molecular formula is C20H14BFN6O. The molecule has 3 heterocycles. The van der Waals surface area contributed by atoms with Gasteiger partial charge < -0.3 is 15.7 Å². The summed E-state index contributed by atoms with van der Waals surface area (Å²) in [6.07, 6.45) is 1.40. The third-order valence-corrected chi connectivity index (χ3v) is 4.83. The van der Waals surface area contributed by atoms with Crippen LogP contribution in [0.1, 0.15) is 21.9 Å². The van der Waals surface area contributed by atoms with Gasteiger partial charge in [-0.3, -0.25) is 4.79 Å². The zero-order chi connectivity index (χ0) is 20.3. The number of nitrogens with two attached hydrogens (primary N) is 1. The van der Waals surface area contributed by atoms with E-state index in [2.05, 4.69) is 20.1 Å². The molecule has 3 aromatic heterocycles. The van der Waals surface area contributed by atoms with Gasteiger partial charge in [-0.2, -0.15) is 5.10 Å². The molecule has 0 saturated heterocycles. The summed E-state index contributed by atoms with van der Waals surface area (Å²) >= 11 is 0. The van der Waals surface area contributed by atoms with Crippen LogP contribution in [0.2, 0.25) is 0 Å². The quantitative estimate of drug-likeness (QED) is 0.328. The second-order valence-electron chi connectivity index (χ2n) is 6.86. The van der Waals surface area contributed by atoms with Crippen LogP contribution in [0.3, 0.4) is 0 Å². The van der Waals surface area contributed by atoms with Gasteiger partial charge >= 0.3 is 0 Å². The van der Waals surface area contributed by atoms with Gasteiger partial charge in [0.05, 0.1) is 34.2 Å². The molecule has 0 atom stereocenters. The van der Waals surface area contributed by atoms with E-state index in [-0.39, 0.29) is 33.7 Å². The number of imidazole rings is 1. The summed E-state index contributed by atoms with van der Waals surface area (Å²) in [5, 5.41) is 4.55. The van der Waals surface area contributed by atoms with Gasteiger partial charge in [-0.25, -0.2) is 14.1 Å². The third kappa shape index (κ3) is 2.70. The van der Waals surface area contributed by atoms with Crippen molar-refractivity contribution in [2.24, 2.45) is 0 Å². The average molecular weight is 384 g/mol. The van der Waals surface area contributed by atoms with Crippen LogP contribution in [0.5, 0.6) is 0 Å². The van der Waals surface area contributed by atoms with E-state index in [0.717, 1.165) is 16.9 Å². The Bertz CT molecular complexity index is 1430. The van der Waals surface area contributed by atoms with Crippen LogP contribution < -0.4 is 11.2 Å². The van der Waals surface area contributed by atoms with E-state index in [4.69, 9.17) is 13.6 Å². The van der Waals surface area contributed by atoms with Crippen LogP contribution >= 0.6 is 0 Å². The predicted molar refractivity (Wildman–Crippen MR) is 109 cm³/mol. The maximum absolute atomic E-state index is 14.1. The largest absolute Gasteiger partial charge is 0.383 e. The number of aryl methyl sites for hydroxylation is 1. The van der Waals surface area contributed by atoms with E-state index in [1.807, 2.05) is 25.1 Å². The van der Waals surface area contributed by atoms with Gasteiger partial charge in [0.2, 0.25) is 5.78 Å². The lowest BCUT2D eigenvalue weighted by atomic mass is 9.95. The molecule has 0 unspecified atom stereocenters. The number of nitrogens with one attached hydrogen (secondary N) is 2. The highest BCUT2D eigenvalue weighted by Gasteiger charge is 2.20. The fourth-order valence-electron chi connectivity index (χ4n) is 3.48. The molecule has 5 aromatic rings. The molecule has 0 amide bonds. The molecule has 5 rings (SSSR count). The van der Waals surface area contributed by atoms with E-state index in [1.165, 1.54) is 23.0 Å². The second kappa shape index (κ2) is 6.06. The van der Waals surface area contributed by atoms with Gasteiger partial charge in [0.15, 0.2) is 0 Å². The molecule has 0 spiro atoms. The van der Waals surface area contributed by atoms with Crippen molar-refractivity contribution < 1.29 is 9.18 Å². The van der Waals surface area contributed by atoms with Crippen molar-refractivity contribution in [2.75, 3.05) is 5.73 Å². The van der Waals surface area contributed by atoms with Gasteiger partial charge in [0, 0.05) is 10.9 Å². The summed E-state index contributed by atoms with van der Waals surface area (Å²) in [4.78, 5) is 23.4. The van der Waals surface area contributed by atoms with Crippen molar-refractivity contribution in [1.29, 1.82) is 0 Å². The van der Waals surface area contributed by atoms with Crippen LogP contribution in [-0.4, -0.2) is 38.4 Å². The summed E-state index contributed by atoms with van der Waals surface area (Å²) in [5.74, 6) is 0.0980. The predicted octanol–water partition coefficient (Wildman–Crippen LogP) is 2.28. The summed E-state index contributed by atoms with van der Waals surface area (Å²) in [6, 6.07) is 9.76. The number of aromatic nitrogens is 5. The minimum Gasteiger partial charge on any atom is -0.383 e. The first-order valence-electron chi connectivity index (χ1n) is 8.83. The maximum Gasteiger partial charge on any atom is 0.214 e. The average Bonchev–Trinajstić information content (AvgIpc) is 3.36. The molecule has 0 aliphatic carbocycles. The van der Waals surface area contributed by atoms with E-state index >= 15 is 0 Å². The number of carbonyl (C=O) groups is 1. The highest BCUT2D eigenvalue weighted by atomic mass is 19.1. The fraction of sp³-hybridized carbons (Fsp3) is 0.0500. The number of aromatic amines is 2. The number of nitrogens with zero attached hydrogens (tertiary/aromatic N) is 3. The highest BCUT2D eigenvalue weighted by molar-refractivity contribution is 6.33. The molecule has 0 fully saturated rings. The monoisotopic (exact) mass is 384 g/mol. The van der Waals surface area contributed by atoms with Crippen molar-refractivity contribution in [3.63, 3.8) is 0 Å². The number of hydrogen-bond donors (Lipinski definition) is 3. The standard InChI is InChI=1S/C20H14BFN6O/c1-9-25-15-3-2-11(6-17(15)26-9)28-20(23)13(8-24-28)19(29)18-7-12-14(22)4-10(21)5-16(12)27-18/h2-8,27H,23H2,1H3,(H,25,26). The number of rotatable bonds is 3. The van der Waals surface area contributed by atoms with Crippen molar-refractivity contribution >= 4 is 46.8 Å². The van der Waals surface area contributed by atoms with Gasteiger partial charge in [-0.15, -0.1) is 0 Å². The van der Waals surface area contributed by atoms with E-state index < -0.39 is 5.82 Å². The van der Waals surface area contributed by atoms with Crippen LogP contribution in [-0.2, 0) is 0 Å². The summed E-state index contributed by atoms with van der Waals surface area (Å²) < 4.78 is 15.6. The SMILES string of the molecule is [B]c1cc(F)c2cc(C(=O)c3cnn(-c4ccc5nc(C)[nH]c5c4)c3N)[nH]c2c1. The van der Waals surface area contributed by atoms with Crippen LogP contribution in [0.15, 0.2) is 42.6 Å². The molecule has 9 heteroatoms. The lowest BCUT2D eigenvalue weighted by molar-refractivity contribution is 0.103. The Morgan fingerprint density at radius 1 is 1.17 bits per heavy atom. The number of ketones is 1. The van der Waals surface area contributed by atoms with E-state index in [0.29, 0.717) is 11.2 Å². The lowest BCUT2D eigenvalue weighted by Gasteiger charge is -2.05. The van der Waals surface area contributed by atoms with E-state index in [9.17, 15) is 9.18 Å². The Balaban J connectivity index is 1.56. The Labute approximate surface area is 165 Å². The van der Waals surface area contributed by atoms with Crippen LogP contribution in [0, 0.1) is 12.7 Å². The zero-order valence-corrected chi connectivity index (χ0v) is 15.3. The minimum absolute atomic E-state index is 0.184. The first-order chi connectivity index (χ1) is 13.9. The Kier molecular flexibility index (Phi) is 3.60. The van der Waals surface area contributed by atoms with Crippen molar-refractivity contribution in [1.82, 2.24) is 24.7 Å². The number of fused-ring (bicyclic) bond motifs is 2. The number of carbonyl (C=O) groups excluding carboxylic acids is 1. The molecule has 0 aliphatic rings. The molecular weight excluding hydrogens is 370 g/mol. The summed E-state index contributed by atoms with van der Waals surface area (Å²) in [7, 11) is 5.67. The molecule has 2 aromatic carbocycles. The molecule has 0 aliphatic heterocycles. The van der Waals surface area contributed by atoms with E-state index in [1.54, 1.807) is 6.07 Å². The number of benzene rings is 2. The first kappa shape index (κ1) is 17.2. The smallest absolute Gasteiger partial charge is 0.214 e. The molecule has 7 nitrogen and oxygen atoms in total. The topological polar surface area (TPSA) is 105 Å². The van der Waals surface area contributed by atoms with Crippen LogP contribution in [0.25, 0.3) is 27.6 Å². The second-order valence-corrected chi connectivity index (χ2v) is 6.86. The first-order valence-corrected chi connectivity index (χ1v) is 8.83. The third-order valence-electron chi connectivity index (χ3n) is 4.83. The maximum atomic E-state index is 14.1. The molecule has 29 heavy (non-hydrogen) atoms. The molecule has 140 valence electrons. The van der Waals surface area contributed by atoms with Crippen LogP contribution in [0.4, 0.5) is 10.2 Å². The van der Waals surface area contributed by atoms with Crippen molar-refractivity contribution in [2.45, 2.75) is 6.92 Å². The Morgan fingerprint density at radius 3 is 2.83 bits per heavy atom. The van der Waals surface area contributed by atoms with Crippen molar-refractivity contribution in [3.8, 4) is 5.69 Å². The highest BCUT2D eigenvalue weighted by Crippen LogP contribution is 2.24. The Morgan fingerprint density at radius 2 is 2.00 bits per heavy atom. The normalized spacial score (nSPS) is 11.5. The molecule has 0 saturated carbocycles. The summed E-state index contributed by atoms with van der Waals surface area (Å²) in [6.45, 7) is 1.87. The van der Waals surface area contributed by atoms with Crippen molar-refractivity contribution in [3.05, 3.63) is 65.5 Å². The number of anilines is 1. The number of hydrogen-bond acceptors (Lipinski definition) is 4. The number of H-pyrrole nitrogens is 2. The number of halogens is 1. The molecule has 0 bridgehead atoms. The van der Waals surface area contributed by atoms with Gasteiger partial charge in [0.1, 0.15) is 25.3 Å². The zero-order valence-electron chi connectivity index (χ0n) is 15.3. The fourth-order valence-corrected chi connectivity index (χ4v) is 3.48. The Hall–Kier alpha value is -3.88. The molecule has 2 radical (unpaired) electrons. The van der Waals surface area contributed by atoms with Gasteiger partial charge in [-0.05, 0) is 43.3 Å². The lowest BCUT2D eigenvalue weighted by Crippen LogP contribution is -2.07. The molecule has 4 N–H and O–H groups in total.